The number of hydrogen-bond acceptors (Lipinski definition) is 3. The normalized spacial score (nSPS) is 13.8. The molecule has 1 aliphatic rings. The van der Waals surface area contributed by atoms with E-state index in [2.05, 4.69) is 109 Å². The van der Waals surface area contributed by atoms with Gasteiger partial charge in [-0.05, 0) is 82.4 Å². The van der Waals surface area contributed by atoms with Gasteiger partial charge in [0.15, 0.2) is 5.78 Å². The molecule has 2 heterocycles. The number of nitrogens with zero attached hydrogens (tertiary/aromatic N) is 2. The quantitative estimate of drug-likeness (QED) is 0.0943. The predicted molar refractivity (Wildman–Crippen MR) is 206 cm³/mol. The first-order valence-electron chi connectivity index (χ1n) is 17.8. The summed E-state index contributed by atoms with van der Waals surface area (Å²) in [6.07, 6.45) is 6.77. The molecule has 4 aromatic carbocycles. The van der Waals surface area contributed by atoms with Gasteiger partial charge in [0, 0.05) is 59.8 Å². The van der Waals surface area contributed by atoms with Crippen molar-refractivity contribution in [1.29, 1.82) is 0 Å². The molecule has 0 fully saturated rings. The standard InChI is InChI=1S/C30H21N2.C15H28O2.Ir/c1-30(2)23-15-9-17-25-27(23)26-22(29-28(30)21-13-7-6-10-19(21)18-31-29)14-8-16-24(26)32(25)20-11-4-3-5-12-20;1-7-14(5,8-2)12(16)11-13(17)15(6,9-3)10-4;/h3-13,15-18H,1-2H3;11,16H,7-10H2,1-6H3;/q-1;;/b;12-11-;. The van der Waals surface area contributed by atoms with E-state index in [1.807, 2.05) is 47.7 Å². The molecule has 5 heteroatoms. The molecule has 2 aromatic heterocycles. The van der Waals surface area contributed by atoms with Crippen LogP contribution >= 0.6 is 0 Å². The van der Waals surface area contributed by atoms with E-state index in [0.29, 0.717) is 0 Å². The molecule has 0 saturated heterocycles. The van der Waals surface area contributed by atoms with E-state index in [1.165, 1.54) is 55.5 Å². The molecule has 0 spiro atoms. The summed E-state index contributed by atoms with van der Waals surface area (Å²) in [7, 11) is 0. The first-order chi connectivity index (χ1) is 23.5. The Labute approximate surface area is 311 Å². The molecular formula is C45H49IrN2O2-. The molecule has 4 nitrogen and oxygen atoms in total. The van der Waals surface area contributed by atoms with Crippen LogP contribution in [0.15, 0.2) is 103 Å². The van der Waals surface area contributed by atoms with Crippen molar-refractivity contribution in [3.8, 4) is 16.9 Å². The second kappa shape index (κ2) is 14.3. The van der Waals surface area contributed by atoms with Crippen LogP contribution in [0.25, 0.3) is 49.5 Å². The van der Waals surface area contributed by atoms with Gasteiger partial charge in [0.25, 0.3) is 0 Å². The third-order valence-electron chi connectivity index (χ3n) is 11.7. The number of hydrogen-bond donors (Lipinski definition) is 1. The van der Waals surface area contributed by atoms with Crippen molar-refractivity contribution < 1.29 is 30.0 Å². The van der Waals surface area contributed by atoms with Crippen LogP contribution in [0.1, 0.15) is 92.2 Å². The minimum Gasteiger partial charge on any atom is -0.512 e. The predicted octanol–water partition coefficient (Wildman–Crippen LogP) is 12.1. The fourth-order valence-corrected chi connectivity index (χ4v) is 7.41. The minimum atomic E-state index is -0.337. The molecule has 0 aliphatic heterocycles. The molecule has 1 N–H and O–H groups in total. The number of aliphatic hydroxyl groups excluding tert-OH is 1. The number of para-hydroxylation sites is 1. The topological polar surface area (TPSA) is 55.1 Å². The smallest absolute Gasteiger partial charge is 0.164 e. The molecule has 1 aliphatic carbocycles. The average molecular weight is 842 g/mol. The van der Waals surface area contributed by atoms with Gasteiger partial charge in [0.2, 0.25) is 0 Å². The average Bonchev–Trinajstić information content (AvgIpc) is 3.44. The fraction of sp³-hybridized carbons (Fsp3) is 0.333. The van der Waals surface area contributed by atoms with Crippen molar-refractivity contribution in [2.24, 2.45) is 10.8 Å². The molecule has 0 saturated carbocycles. The number of allylic oxidation sites excluding steroid dienone is 2. The molecule has 6 aromatic rings. The summed E-state index contributed by atoms with van der Waals surface area (Å²) in [5.41, 5.74) is 7.55. The number of aromatic nitrogens is 2. The zero-order valence-corrected chi connectivity index (χ0v) is 33.0. The van der Waals surface area contributed by atoms with Gasteiger partial charge in [-0.2, -0.15) is 0 Å². The number of carbonyl (C=O) groups excluding carboxylic acids is 1. The second-order valence-electron chi connectivity index (χ2n) is 14.6. The fourth-order valence-electron chi connectivity index (χ4n) is 7.41. The van der Waals surface area contributed by atoms with Gasteiger partial charge in [-0.25, -0.2) is 0 Å². The van der Waals surface area contributed by atoms with E-state index in [1.54, 1.807) is 0 Å². The summed E-state index contributed by atoms with van der Waals surface area (Å²) >= 11 is 0. The summed E-state index contributed by atoms with van der Waals surface area (Å²) < 4.78 is 2.38. The van der Waals surface area contributed by atoms with Crippen molar-refractivity contribution >= 4 is 38.4 Å². The molecule has 0 unspecified atom stereocenters. The molecule has 50 heavy (non-hydrogen) atoms. The van der Waals surface area contributed by atoms with E-state index in [9.17, 15) is 9.90 Å². The number of rotatable bonds is 8. The number of ketones is 1. The van der Waals surface area contributed by atoms with Crippen molar-refractivity contribution in [3.63, 3.8) is 0 Å². The summed E-state index contributed by atoms with van der Waals surface area (Å²) in [5.74, 6) is 0.286. The van der Waals surface area contributed by atoms with Gasteiger partial charge in [-0.3, -0.25) is 4.79 Å². The minimum absolute atomic E-state index is 0. The van der Waals surface area contributed by atoms with Gasteiger partial charge in [-0.1, -0.05) is 115 Å². The Morgan fingerprint density at radius 3 is 2.10 bits per heavy atom. The van der Waals surface area contributed by atoms with Gasteiger partial charge >= 0.3 is 0 Å². The third-order valence-corrected chi connectivity index (χ3v) is 11.7. The number of benzene rings is 4. The molecule has 7 rings (SSSR count). The van der Waals surface area contributed by atoms with Crippen LogP contribution in [0.4, 0.5) is 0 Å². The maximum absolute atomic E-state index is 12.2. The van der Waals surface area contributed by atoms with E-state index >= 15 is 0 Å². The van der Waals surface area contributed by atoms with E-state index in [4.69, 9.17) is 4.98 Å². The summed E-state index contributed by atoms with van der Waals surface area (Å²) in [5, 5.41) is 15.1. The zero-order chi connectivity index (χ0) is 35.1. The van der Waals surface area contributed by atoms with Gasteiger partial charge in [0.1, 0.15) is 5.76 Å². The van der Waals surface area contributed by atoms with Crippen LogP contribution in [-0.2, 0) is 30.3 Å². The number of pyridine rings is 1. The molecule has 261 valence electrons. The van der Waals surface area contributed by atoms with Crippen LogP contribution in [0.5, 0.6) is 0 Å². The van der Waals surface area contributed by atoms with Crippen molar-refractivity contribution in [2.45, 2.75) is 86.5 Å². The Kier molecular flexibility index (Phi) is 10.6. The molecule has 0 atom stereocenters. The Morgan fingerprint density at radius 2 is 1.44 bits per heavy atom. The van der Waals surface area contributed by atoms with Gasteiger partial charge < -0.3 is 14.7 Å². The van der Waals surface area contributed by atoms with Crippen molar-refractivity contribution in [1.82, 2.24) is 9.55 Å². The van der Waals surface area contributed by atoms with Crippen molar-refractivity contribution in [3.05, 3.63) is 120 Å². The van der Waals surface area contributed by atoms with E-state index in [0.717, 1.165) is 36.9 Å². The molecule has 1 radical (unpaired) electrons. The van der Waals surface area contributed by atoms with Crippen LogP contribution in [0.3, 0.4) is 0 Å². The van der Waals surface area contributed by atoms with Crippen LogP contribution in [0, 0.1) is 16.9 Å². The third kappa shape index (κ3) is 6.03. The first-order valence-corrected chi connectivity index (χ1v) is 17.8. The second-order valence-corrected chi connectivity index (χ2v) is 14.6. The first kappa shape index (κ1) is 37.2. The zero-order valence-electron chi connectivity index (χ0n) is 30.6. The Bertz CT molecular complexity index is 2200. The number of fused-ring (bicyclic) bond motifs is 4. The Morgan fingerprint density at radius 1 is 0.820 bits per heavy atom. The number of carbonyl (C=O) groups is 1. The molecule has 0 amide bonds. The summed E-state index contributed by atoms with van der Waals surface area (Å²) in [6.45, 7) is 16.8. The monoisotopic (exact) mass is 842 g/mol. The largest absolute Gasteiger partial charge is 0.512 e. The summed E-state index contributed by atoms with van der Waals surface area (Å²) in [4.78, 5) is 17.2. The molecular weight excluding hydrogens is 793 g/mol. The van der Waals surface area contributed by atoms with E-state index in [-0.39, 0.29) is 47.9 Å². The van der Waals surface area contributed by atoms with E-state index < -0.39 is 0 Å². The van der Waals surface area contributed by atoms with Crippen molar-refractivity contribution in [2.75, 3.05) is 0 Å². The Balaban J connectivity index is 0.000000234. The van der Waals surface area contributed by atoms with Gasteiger partial charge in [-0.15, -0.1) is 23.8 Å². The van der Waals surface area contributed by atoms with Crippen LogP contribution in [-0.4, -0.2) is 20.4 Å². The maximum Gasteiger partial charge on any atom is 0.164 e. The maximum atomic E-state index is 12.2. The van der Waals surface area contributed by atoms with Crippen LogP contribution in [0.2, 0.25) is 0 Å². The van der Waals surface area contributed by atoms with Crippen LogP contribution < -0.4 is 0 Å². The SMILES string of the molecule is CC1(C)c2c(ncc3ccccc23)-c2[c-]ccc3c2c2c1cccc2n3-c1ccccc1.CCC(C)(CC)C(=O)/C=C(\O)C(C)(CC)CC.[Ir]. The molecule has 0 bridgehead atoms. The van der Waals surface area contributed by atoms with Gasteiger partial charge in [0.05, 0.1) is 0 Å². The Hall–Kier alpha value is -4.05. The number of aliphatic hydroxyl groups is 1. The summed E-state index contributed by atoms with van der Waals surface area (Å²) in [6, 6.07) is 33.8.